The second-order valence-electron chi connectivity index (χ2n) is 10.1. The fourth-order valence-corrected chi connectivity index (χ4v) is 4.39. The molecule has 2 aliphatic heterocycles. The molecule has 9 nitrogen and oxygen atoms in total. The smallest absolute Gasteiger partial charge is 0.340 e. The number of para-hydroxylation sites is 1. The van der Waals surface area contributed by atoms with Gasteiger partial charge in [0.2, 0.25) is 0 Å². The zero-order valence-electron chi connectivity index (χ0n) is 21.4. The number of carbonyl (C=O) groups excluding carboxylic acids is 2. The second kappa shape index (κ2) is 10.2. The molecule has 3 aromatic rings. The lowest BCUT2D eigenvalue weighted by molar-refractivity contribution is 0.00686. The topological polar surface area (TPSA) is 98.6 Å². The molecule has 0 bridgehead atoms. The summed E-state index contributed by atoms with van der Waals surface area (Å²) in [6.07, 6.45) is 2.77. The Hall–Kier alpha value is -3.98. The number of ether oxygens (including phenoxy) is 2. The zero-order chi connectivity index (χ0) is 26.0. The number of amides is 1. The third kappa shape index (κ3) is 5.56. The van der Waals surface area contributed by atoms with Gasteiger partial charge in [-0.1, -0.05) is 24.3 Å². The van der Waals surface area contributed by atoms with E-state index in [1.54, 1.807) is 27.8 Å². The first-order chi connectivity index (χ1) is 17.8. The number of benzene rings is 1. The van der Waals surface area contributed by atoms with Gasteiger partial charge in [-0.2, -0.15) is 5.10 Å². The van der Waals surface area contributed by atoms with Crippen LogP contribution in [0.2, 0.25) is 0 Å². The van der Waals surface area contributed by atoms with Gasteiger partial charge in [-0.3, -0.25) is 14.4 Å². The Kier molecular flexibility index (Phi) is 6.80. The van der Waals surface area contributed by atoms with Crippen molar-refractivity contribution in [1.82, 2.24) is 20.1 Å². The molecule has 0 radical (unpaired) electrons. The number of rotatable bonds is 6. The largest absolute Gasteiger partial charge is 0.487 e. The minimum Gasteiger partial charge on any atom is -0.487 e. The van der Waals surface area contributed by atoms with E-state index in [4.69, 9.17) is 14.5 Å². The number of nitrogens with one attached hydrogen (secondary N) is 1. The quantitative estimate of drug-likeness (QED) is 0.512. The lowest BCUT2D eigenvalue weighted by Crippen LogP contribution is -2.41. The highest BCUT2D eigenvalue weighted by molar-refractivity contribution is 6.05. The summed E-state index contributed by atoms with van der Waals surface area (Å²) in [4.78, 5) is 32.9. The number of pyridine rings is 1. The molecule has 0 saturated carbocycles. The Morgan fingerprint density at radius 3 is 2.65 bits per heavy atom. The van der Waals surface area contributed by atoms with Crippen molar-refractivity contribution in [1.29, 1.82) is 0 Å². The number of nitrogens with zero attached hydrogens (tertiary/aromatic N) is 4. The summed E-state index contributed by atoms with van der Waals surface area (Å²) in [6, 6.07) is 14.7. The van der Waals surface area contributed by atoms with Gasteiger partial charge in [0.05, 0.1) is 17.8 Å². The van der Waals surface area contributed by atoms with Crippen molar-refractivity contribution in [3.63, 3.8) is 0 Å². The van der Waals surface area contributed by atoms with Crippen LogP contribution in [0.1, 0.15) is 59.4 Å². The van der Waals surface area contributed by atoms with Gasteiger partial charge in [0.25, 0.3) is 5.91 Å². The van der Waals surface area contributed by atoms with E-state index in [0.29, 0.717) is 48.1 Å². The van der Waals surface area contributed by atoms with Crippen LogP contribution in [0.5, 0.6) is 5.75 Å². The van der Waals surface area contributed by atoms with Crippen LogP contribution in [-0.2, 0) is 17.9 Å². The third-order valence-corrected chi connectivity index (χ3v) is 6.10. The lowest BCUT2D eigenvalue weighted by atomic mass is 10.0. The molecule has 5 rings (SSSR count). The molecular weight excluding hydrogens is 470 g/mol. The molecule has 37 heavy (non-hydrogen) atoms. The number of esters is 1. The van der Waals surface area contributed by atoms with Crippen LogP contribution in [0, 0.1) is 0 Å². The maximum atomic E-state index is 13.5. The summed E-state index contributed by atoms with van der Waals surface area (Å²) in [5.74, 6) is 0.635. The van der Waals surface area contributed by atoms with E-state index in [9.17, 15) is 9.59 Å². The summed E-state index contributed by atoms with van der Waals surface area (Å²) < 4.78 is 13.2. The number of aromatic nitrogens is 3. The van der Waals surface area contributed by atoms with E-state index in [1.807, 2.05) is 57.2 Å². The molecule has 9 heteroatoms. The Morgan fingerprint density at radius 2 is 1.92 bits per heavy atom. The standard InChI is InChI=1S/C28H31N5O4/c1-28(2,3)37-27(35)22-9-10-24(30-25(22)19-11-13-29-14-12-19)32-15-16-33-23(26(32)34)17-20(31-33)18-36-21-7-5-4-6-8-21/h4-11,17,29H,12-16,18H2,1-3H3. The summed E-state index contributed by atoms with van der Waals surface area (Å²) in [5.41, 5.74) is 2.48. The van der Waals surface area contributed by atoms with Crippen molar-refractivity contribution in [2.24, 2.45) is 0 Å². The van der Waals surface area contributed by atoms with E-state index in [1.165, 1.54) is 0 Å². The molecule has 0 aliphatic carbocycles. The molecule has 0 unspecified atom stereocenters. The minimum absolute atomic E-state index is 0.188. The summed E-state index contributed by atoms with van der Waals surface area (Å²) >= 11 is 0. The number of fused-ring (bicyclic) bond motifs is 1. The van der Waals surface area contributed by atoms with Crippen LogP contribution in [0.25, 0.3) is 5.57 Å². The minimum atomic E-state index is -0.626. The lowest BCUT2D eigenvalue weighted by Gasteiger charge is -2.28. The van der Waals surface area contributed by atoms with Gasteiger partial charge in [-0.15, -0.1) is 0 Å². The third-order valence-electron chi connectivity index (χ3n) is 6.10. The van der Waals surface area contributed by atoms with Crippen molar-refractivity contribution < 1.29 is 19.1 Å². The first-order valence-corrected chi connectivity index (χ1v) is 12.5. The molecule has 4 heterocycles. The van der Waals surface area contributed by atoms with Crippen molar-refractivity contribution in [2.75, 3.05) is 24.5 Å². The molecule has 1 aromatic carbocycles. The Labute approximate surface area is 216 Å². The number of hydrogen-bond donors (Lipinski definition) is 1. The molecule has 0 spiro atoms. The maximum absolute atomic E-state index is 13.5. The van der Waals surface area contributed by atoms with E-state index in [-0.39, 0.29) is 12.5 Å². The average molecular weight is 502 g/mol. The van der Waals surface area contributed by atoms with Crippen LogP contribution >= 0.6 is 0 Å². The molecular formula is C28H31N5O4. The first-order valence-electron chi connectivity index (χ1n) is 12.5. The van der Waals surface area contributed by atoms with Gasteiger partial charge in [0.15, 0.2) is 0 Å². The fourth-order valence-electron chi connectivity index (χ4n) is 4.39. The van der Waals surface area contributed by atoms with Crippen LogP contribution in [0.4, 0.5) is 5.82 Å². The number of carbonyl (C=O) groups is 2. The fraction of sp³-hybridized carbons (Fsp3) is 0.357. The van der Waals surface area contributed by atoms with Crippen molar-refractivity contribution in [2.45, 2.75) is 45.9 Å². The van der Waals surface area contributed by atoms with Gasteiger partial charge in [-0.25, -0.2) is 9.78 Å². The van der Waals surface area contributed by atoms with Crippen molar-refractivity contribution in [3.8, 4) is 5.75 Å². The van der Waals surface area contributed by atoms with Gasteiger partial charge < -0.3 is 14.8 Å². The highest BCUT2D eigenvalue weighted by atomic mass is 16.6. The van der Waals surface area contributed by atoms with E-state index < -0.39 is 11.6 Å². The Bertz CT molecular complexity index is 1340. The van der Waals surface area contributed by atoms with Crippen LogP contribution < -0.4 is 15.0 Å². The first kappa shape index (κ1) is 24.7. The predicted octanol–water partition coefficient (Wildman–Crippen LogP) is 3.85. The molecule has 0 fully saturated rings. The average Bonchev–Trinajstić information content (AvgIpc) is 3.32. The normalized spacial score (nSPS) is 15.7. The molecule has 2 aliphatic rings. The van der Waals surface area contributed by atoms with Crippen LogP contribution in [0.15, 0.2) is 54.6 Å². The highest BCUT2D eigenvalue weighted by Gasteiger charge is 2.30. The van der Waals surface area contributed by atoms with Crippen LogP contribution in [0.3, 0.4) is 0 Å². The van der Waals surface area contributed by atoms with E-state index >= 15 is 0 Å². The Morgan fingerprint density at radius 1 is 1.11 bits per heavy atom. The van der Waals surface area contributed by atoms with Gasteiger partial charge in [0.1, 0.15) is 35.2 Å². The van der Waals surface area contributed by atoms with Gasteiger partial charge >= 0.3 is 5.97 Å². The number of hydrogen-bond acceptors (Lipinski definition) is 7. The zero-order valence-corrected chi connectivity index (χ0v) is 21.4. The Balaban J connectivity index is 1.40. The molecule has 2 aromatic heterocycles. The molecule has 192 valence electrons. The van der Waals surface area contributed by atoms with E-state index in [2.05, 4.69) is 10.4 Å². The summed E-state index contributed by atoms with van der Waals surface area (Å²) in [7, 11) is 0. The molecule has 0 saturated heterocycles. The van der Waals surface area contributed by atoms with Gasteiger partial charge in [0, 0.05) is 13.1 Å². The van der Waals surface area contributed by atoms with Crippen molar-refractivity contribution in [3.05, 3.63) is 77.3 Å². The highest BCUT2D eigenvalue weighted by Crippen LogP contribution is 2.28. The van der Waals surface area contributed by atoms with Crippen LogP contribution in [-0.4, -0.2) is 51.9 Å². The van der Waals surface area contributed by atoms with Crippen molar-refractivity contribution >= 4 is 23.3 Å². The summed E-state index contributed by atoms with van der Waals surface area (Å²) in [5, 5.41) is 7.84. The summed E-state index contributed by atoms with van der Waals surface area (Å²) in [6.45, 7) is 8.23. The molecule has 1 N–H and O–H groups in total. The van der Waals surface area contributed by atoms with E-state index in [0.717, 1.165) is 24.3 Å². The molecule has 0 atom stereocenters. The monoisotopic (exact) mass is 501 g/mol. The number of anilines is 1. The predicted molar refractivity (Wildman–Crippen MR) is 140 cm³/mol. The maximum Gasteiger partial charge on any atom is 0.340 e. The van der Waals surface area contributed by atoms with Gasteiger partial charge in [-0.05, 0) is 69.6 Å². The SMILES string of the molecule is CC(C)(C)OC(=O)c1ccc(N2CCn3nc(COc4ccccc4)cc3C2=O)nc1C1=CCNCC1. The molecule has 1 amide bonds. The second-order valence-corrected chi connectivity index (χ2v) is 10.1.